The smallest absolute Gasteiger partial charge is 0.307 e. The predicted molar refractivity (Wildman–Crippen MR) is 96.4 cm³/mol. The zero-order chi connectivity index (χ0) is 17.0. The fourth-order valence-electron chi connectivity index (χ4n) is 3.29. The van der Waals surface area contributed by atoms with Crippen molar-refractivity contribution >= 4 is 5.97 Å². The summed E-state index contributed by atoms with van der Waals surface area (Å²) in [4.78, 5) is 11.1. The molecule has 1 fully saturated rings. The van der Waals surface area contributed by atoms with Gasteiger partial charge in [0.05, 0.1) is 12.9 Å². The lowest BCUT2D eigenvalue weighted by Gasteiger charge is -2.24. The first kappa shape index (κ1) is 18.7. The van der Waals surface area contributed by atoms with Crippen LogP contribution < -0.4 is 0 Å². The summed E-state index contributed by atoms with van der Waals surface area (Å²) >= 11 is 0. The molecule has 0 radical (unpaired) electrons. The second-order valence-corrected chi connectivity index (χ2v) is 6.63. The van der Waals surface area contributed by atoms with E-state index in [1.807, 2.05) is 18.2 Å². The number of unbranched alkanes of at least 4 members (excludes halogenated alkanes) is 1. The summed E-state index contributed by atoms with van der Waals surface area (Å²) in [5.74, 6) is 0.373. The Morgan fingerprint density at radius 2 is 1.88 bits per heavy atom. The fourth-order valence-corrected chi connectivity index (χ4v) is 3.29. The molecule has 0 aromatic heterocycles. The van der Waals surface area contributed by atoms with Crippen LogP contribution in [-0.2, 0) is 20.9 Å². The molecule has 0 spiro atoms. The summed E-state index contributed by atoms with van der Waals surface area (Å²) < 4.78 is 10.9. The van der Waals surface area contributed by atoms with Crippen LogP contribution in [0, 0.1) is 5.92 Å². The van der Waals surface area contributed by atoms with Gasteiger partial charge >= 0.3 is 5.97 Å². The van der Waals surface area contributed by atoms with Gasteiger partial charge in [-0.3, -0.25) is 4.79 Å². The molecule has 0 N–H and O–H groups in total. The van der Waals surface area contributed by atoms with Crippen molar-refractivity contribution in [1.82, 2.24) is 0 Å². The number of hydrogen-bond acceptors (Lipinski definition) is 3. The topological polar surface area (TPSA) is 35.5 Å². The molecule has 0 saturated heterocycles. The monoisotopic (exact) mass is 330 g/mol. The second-order valence-electron chi connectivity index (χ2n) is 6.63. The number of allylic oxidation sites excluding steroid dienone is 1. The third-order valence-electron chi connectivity index (χ3n) is 4.62. The molecule has 2 rings (SSSR count). The van der Waals surface area contributed by atoms with Gasteiger partial charge in [-0.1, -0.05) is 49.6 Å². The molecule has 1 aromatic carbocycles. The highest BCUT2D eigenvalue weighted by Crippen LogP contribution is 2.32. The van der Waals surface area contributed by atoms with Gasteiger partial charge in [0.15, 0.2) is 0 Å². The quantitative estimate of drug-likeness (QED) is 0.345. The van der Waals surface area contributed by atoms with Crippen LogP contribution in [0.15, 0.2) is 42.2 Å². The maximum atomic E-state index is 11.1. The molecule has 1 aliphatic rings. The average Bonchev–Trinajstić information content (AvgIpc) is 2.62. The van der Waals surface area contributed by atoms with Crippen molar-refractivity contribution in [3.8, 4) is 0 Å². The molecular weight excluding hydrogens is 300 g/mol. The van der Waals surface area contributed by atoms with Crippen LogP contribution in [0.25, 0.3) is 0 Å². The van der Waals surface area contributed by atoms with Crippen LogP contribution in [0.1, 0.15) is 63.9 Å². The molecule has 24 heavy (non-hydrogen) atoms. The Labute approximate surface area is 146 Å². The van der Waals surface area contributed by atoms with Crippen molar-refractivity contribution in [2.75, 3.05) is 6.61 Å². The van der Waals surface area contributed by atoms with E-state index in [9.17, 15) is 4.79 Å². The largest absolute Gasteiger partial charge is 0.435 e. The first-order valence-electron chi connectivity index (χ1n) is 9.23. The maximum Gasteiger partial charge on any atom is 0.307 e. The number of benzene rings is 1. The molecule has 3 heteroatoms. The third-order valence-corrected chi connectivity index (χ3v) is 4.62. The summed E-state index contributed by atoms with van der Waals surface area (Å²) in [6, 6.07) is 10.3. The van der Waals surface area contributed by atoms with Gasteiger partial charge in [-0.25, -0.2) is 0 Å². The summed E-state index contributed by atoms with van der Waals surface area (Å²) in [7, 11) is 0. The average molecular weight is 330 g/mol. The molecule has 0 atom stereocenters. The Balaban J connectivity index is 1.67. The van der Waals surface area contributed by atoms with Gasteiger partial charge in [-0.05, 0) is 49.2 Å². The Hall–Kier alpha value is -1.61. The zero-order valence-corrected chi connectivity index (χ0v) is 14.8. The Morgan fingerprint density at radius 3 is 2.58 bits per heavy atom. The lowest BCUT2D eigenvalue weighted by molar-refractivity contribution is -0.135. The SMILES string of the molecule is CC(=O)O/C=C(/CCCCOCc1ccccc1)C1CCCCC1. The molecule has 1 aromatic rings. The van der Waals surface area contributed by atoms with E-state index in [2.05, 4.69) is 12.1 Å². The van der Waals surface area contributed by atoms with E-state index in [0.29, 0.717) is 12.5 Å². The number of carbonyl (C=O) groups is 1. The van der Waals surface area contributed by atoms with Crippen molar-refractivity contribution in [1.29, 1.82) is 0 Å². The molecule has 0 amide bonds. The summed E-state index contributed by atoms with van der Waals surface area (Å²) in [6.45, 7) is 2.92. The van der Waals surface area contributed by atoms with Gasteiger partial charge in [0.25, 0.3) is 0 Å². The molecular formula is C21H30O3. The number of esters is 1. The molecule has 132 valence electrons. The Kier molecular flexibility index (Phi) is 8.61. The first-order valence-corrected chi connectivity index (χ1v) is 9.23. The second kappa shape index (κ2) is 11.0. The van der Waals surface area contributed by atoms with Crippen LogP contribution >= 0.6 is 0 Å². The van der Waals surface area contributed by atoms with Gasteiger partial charge in [-0.2, -0.15) is 0 Å². The zero-order valence-electron chi connectivity index (χ0n) is 14.8. The van der Waals surface area contributed by atoms with E-state index >= 15 is 0 Å². The number of carbonyl (C=O) groups excluding carboxylic acids is 1. The summed E-state index contributed by atoms with van der Waals surface area (Å²) in [5.41, 5.74) is 2.53. The minimum absolute atomic E-state index is 0.227. The van der Waals surface area contributed by atoms with Gasteiger partial charge in [0.1, 0.15) is 0 Å². The molecule has 1 aliphatic carbocycles. The molecule has 0 bridgehead atoms. The van der Waals surface area contributed by atoms with Crippen LogP contribution in [0.5, 0.6) is 0 Å². The number of hydrogen-bond donors (Lipinski definition) is 0. The van der Waals surface area contributed by atoms with Crippen molar-refractivity contribution in [2.24, 2.45) is 5.92 Å². The fraction of sp³-hybridized carbons (Fsp3) is 0.571. The van der Waals surface area contributed by atoms with E-state index < -0.39 is 0 Å². The highest BCUT2D eigenvalue weighted by Gasteiger charge is 2.18. The van der Waals surface area contributed by atoms with Crippen molar-refractivity contribution < 1.29 is 14.3 Å². The predicted octanol–water partition coefficient (Wildman–Crippen LogP) is 5.40. The van der Waals surface area contributed by atoms with Gasteiger partial charge < -0.3 is 9.47 Å². The van der Waals surface area contributed by atoms with Gasteiger partial charge in [0.2, 0.25) is 0 Å². The highest BCUT2D eigenvalue weighted by atomic mass is 16.5. The van der Waals surface area contributed by atoms with Crippen LogP contribution in [0.4, 0.5) is 0 Å². The third kappa shape index (κ3) is 7.31. The van der Waals surface area contributed by atoms with E-state index in [1.54, 1.807) is 6.26 Å². The molecule has 3 nitrogen and oxygen atoms in total. The standard InChI is InChI=1S/C21H30O3/c1-18(22)24-17-21(20-12-6-3-7-13-20)14-8-9-15-23-16-19-10-4-2-5-11-19/h2,4-5,10-11,17,20H,3,6-9,12-16H2,1H3/b21-17-. The van der Waals surface area contributed by atoms with E-state index in [4.69, 9.17) is 9.47 Å². The lowest BCUT2D eigenvalue weighted by Crippen LogP contribution is -2.10. The minimum Gasteiger partial charge on any atom is -0.435 e. The van der Waals surface area contributed by atoms with Crippen molar-refractivity contribution in [3.05, 3.63) is 47.7 Å². The van der Waals surface area contributed by atoms with E-state index in [-0.39, 0.29) is 5.97 Å². The first-order chi connectivity index (χ1) is 11.8. The molecule has 1 saturated carbocycles. The van der Waals surface area contributed by atoms with Crippen LogP contribution in [0.3, 0.4) is 0 Å². The number of rotatable bonds is 9. The normalized spacial score (nSPS) is 16.1. The van der Waals surface area contributed by atoms with Gasteiger partial charge in [-0.15, -0.1) is 0 Å². The van der Waals surface area contributed by atoms with Crippen molar-refractivity contribution in [2.45, 2.75) is 64.9 Å². The summed E-state index contributed by atoms with van der Waals surface area (Å²) in [6.07, 6.45) is 11.2. The van der Waals surface area contributed by atoms with Crippen LogP contribution in [-0.4, -0.2) is 12.6 Å². The molecule has 0 heterocycles. The summed E-state index contributed by atoms with van der Waals surface area (Å²) in [5, 5.41) is 0. The number of ether oxygens (including phenoxy) is 2. The maximum absolute atomic E-state index is 11.1. The highest BCUT2D eigenvalue weighted by molar-refractivity contribution is 5.66. The van der Waals surface area contributed by atoms with E-state index in [1.165, 1.54) is 50.2 Å². The van der Waals surface area contributed by atoms with Crippen molar-refractivity contribution in [3.63, 3.8) is 0 Å². The minimum atomic E-state index is -0.227. The van der Waals surface area contributed by atoms with E-state index in [0.717, 1.165) is 25.9 Å². The Bertz CT molecular complexity index is 501. The van der Waals surface area contributed by atoms with Gasteiger partial charge in [0, 0.05) is 13.5 Å². The molecule has 0 aliphatic heterocycles. The van der Waals surface area contributed by atoms with Crippen LogP contribution in [0.2, 0.25) is 0 Å². The molecule has 0 unspecified atom stereocenters. The Morgan fingerprint density at radius 1 is 1.12 bits per heavy atom. The lowest BCUT2D eigenvalue weighted by atomic mass is 9.82.